The first-order valence-electron chi connectivity index (χ1n) is 11.9. The van der Waals surface area contributed by atoms with Gasteiger partial charge in [-0.3, -0.25) is 14.5 Å². The highest BCUT2D eigenvalue weighted by molar-refractivity contribution is 7.80. The summed E-state index contributed by atoms with van der Waals surface area (Å²) in [4.78, 5) is 29.6. The number of likely N-dealkylation sites (N-methyl/N-ethyl adjacent to an activating group) is 2. The van der Waals surface area contributed by atoms with Crippen molar-refractivity contribution in [3.05, 3.63) is 12.3 Å². The summed E-state index contributed by atoms with van der Waals surface area (Å²) < 4.78 is 5.70. The monoisotopic (exact) mass is 471 g/mol. The van der Waals surface area contributed by atoms with Gasteiger partial charge in [0, 0.05) is 38.6 Å². The van der Waals surface area contributed by atoms with E-state index in [9.17, 15) is 9.59 Å². The minimum absolute atomic E-state index is 0.00333. The second-order valence-electron chi connectivity index (χ2n) is 9.79. The van der Waals surface area contributed by atoms with Crippen molar-refractivity contribution < 1.29 is 14.3 Å². The first-order valence-corrected chi connectivity index (χ1v) is 12.5. The van der Waals surface area contributed by atoms with E-state index in [-0.39, 0.29) is 41.7 Å². The number of hydrogen-bond acceptors (Lipinski definition) is 6. The van der Waals surface area contributed by atoms with E-state index in [1.807, 2.05) is 20.9 Å². The van der Waals surface area contributed by atoms with Gasteiger partial charge in [0.05, 0.1) is 18.2 Å². The average Bonchev–Trinajstić information content (AvgIpc) is 2.69. The molecular weight excluding hydrogens is 422 g/mol. The summed E-state index contributed by atoms with van der Waals surface area (Å²) in [7, 11) is 5.51. The Balaban J connectivity index is 5.85. The first-order chi connectivity index (χ1) is 14.8. The average molecular weight is 472 g/mol. The van der Waals surface area contributed by atoms with Gasteiger partial charge >= 0.3 is 0 Å². The molecule has 0 aromatic heterocycles. The quantitative estimate of drug-likeness (QED) is 0.335. The van der Waals surface area contributed by atoms with Gasteiger partial charge in [0.15, 0.2) is 0 Å². The molecule has 32 heavy (non-hydrogen) atoms. The highest BCUT2D eigenvalue weighted by Crippen LogP contribution is 2.24. The summed E-state index contributed by atoms with van der Waals surface area (Å²) in [5.41, 5.74) is 0.844. The lowest BCUT2D eigenvalue weighted by Gasteiger charge is -2.41. The molecule has 0 aliphatic heterocycles. The zero-order valence-corrected chi connectivity index (χ0v) is 23.0. The van der Waals surface area contributed by atoms with E-state index in [0.717, 1.165) is 24.4 Å². The Hall–Kier alpha value is -1.05. The topological polar surface area (TPSA) is 61.9 Å². The van der Waals surface area contributed by atoms with Gasteiger partial charge in [0.1, 0.15) is 11.8 Å². The van der Waals surface area contributed by atoms with Crippen molar-refractivity contribution in [3.63, 3.8) is 0 Å². The van der Waals surface area contributed by atoms with Crippen LogP contribution in [-0.4, -0.2) is 79.2 Å². The normalized spacial score (nSPS) is 16.6. The number of Topliss-reactive ketones (excluding diaryl/α,β-unsaturated/α-hetero) is 1. The Morgan fingerprint density at radius 2 is 1.66 bits per heavy atom. The highest BCUT2D eigenvalue weighted by atomic mass is 32.1. The lowest BCUT2D eigenvalue weighted by atomic mass is 9.89. The largest absolute Gasteiger partial charge is 0.379 e. The Kier molecular flexibility index (Phi) is 14.5. The molecule has 5 atom stereocenters. The van der Waals surface area contributed by atoms with Crippen molar-refractivity contribution in [2.75, 3.05) is 33.5 Å². The maximum absolute atomic E-state index is 13.7. The Bertz CT molecular complexity index is 597. The van der Waals surface area contributed by atoms with Crippen molar-refractivity contribution in [1.29, 1.82) is 0 Å². The maximum atomic E-state index is 13.7. The molecule has 6 nitrogen and oxygen atoms in total. The number of carbonyl (C=O) groups excluding carboxylic acids is 2. The van der Waals surface area contributed by atoms with Gasteiger partial charge in [0.2, 0.25) is 5.91 Å². The van der Waals surface area contributed by atoms with Crippen LogP contribution in [0.5, 0.6) is 0 Å². The number of ether oxygens (including phenoxy) is 1. The number of carbonyl (C=O) groups is 2. The fraction of sp³-hybridized carbons (Fsp3) is 0.840. The van der Waals surface area contributed by atoms with E-state index in [2.05, 4.69) is 64.2 Å². The van der Waals surface area contributed by atoms with Crippen LogP contribution in [0.2, 0.25) is 0 Å². The maximum Gasteiger partial charge on any atom is 0.245 e. The molecular formula is C25H49N3O3S. The predicted molar refractivity (Wildman–Crippen MR) is 138 cm³/mol. The fourth-order valence-electron chi connectivity index (χ4n) is 4.51. The molecule has 0 saturated heterocycles. The van der Waals surface area contributed by atoms with Crippen LogP contribution in [0.15, 0.2) is 12.3 Å². The molecule has 0 saturated carbocycles. The molecule has 0 aliphatic carbocycles. The number of ketones is 1. The summed E-state index contributed by atoms with van der Waals surface area (Å²) >= 11 is 4.37. The van der Waals surface area contributed by atoms with Gasteiger partial charge in [-0.25, -0.2) is 0 Å². The van der Waals surface area contributed by atoms with E-state index >= 15 is 0 Å². The minimum Gasteiger partial charge on any atom is -0.379 e. The zero-order valence-electron chi connectivity index (χ0n) is 22.1. The number of thiol groups is 1. The lowest BCUT2D eigenvalue weighted by molar-refractivity contribution is -0.141. The summed E-state index contributed by atoms with van der Waals surface area (Å²) in [5.74, 6) is 1.40. The summed E-state index contributed by atoms with van der Waals surface area (Å²) in [6, 6.07) is -0.513. The van der Waals surface area contributed by atoms with Gasteiger partial charge in [-0.1, -0.05) is 54.5 Å². The Morgan fingerprint density at radius 3 is 2.03 bits per heavy atom. The van der Waals surface area contributed by atoms with E-state index in [1.54, 1.807) is 18.9 Å². The van der Waals surface area contributed by atoms with E-state index < -0.39 is 6.04 Å². The summed E-state index contributed by atoms with van der Waals surface area (Å²) in [6.07, 6.45) is 0.841. The van der Waals surface area contributed by atoms with Gasteiger partial charge in [-0.15, -0.1) is 0 Å². The van der Waals surface area contributed by atoms with E-state index in [0.29, 0.717) is 12.3 Å². The second-order valence-corrected chi connectivity index (χ2v) is 10.2. The molecule has 1 N–H and O–H groups in total. The first kappa shape index (κ1) is 30.9. The molecule has 0 rings (SSSR count). The second kappa shape index (κ2) is 15.0. The van der Waals surface area contributed by atoms with Crippen LogP contribution in [0.1, 0.15) is 61.3 Å². The molecule has 0 radical (unpaired) electrons. The number of hydrogen-bond donors (Lipinski definition) is 2. The smallest absolute Gasteiger partial charge is 0.245 e. The zero-order chi connectivity index (χ0) is 25.2. The standard InChI is InChI=1S/C25H49N3O3S/c1-12-18(6)24(21(31-11)15-19(7)29)28(10)25(30)22(16(2)3)26-20(8)23(17(4)5)27(9)13-14-32/h16-18,21-24,26,32H,8,12-15H2,1-7,9-11H3/t18?,21?,22-,23?,24?/m0/s1. The summed E-state index contributed by atoms with van der Waals surface area (Å²) in [5, 5.41) is 3.47. The van der Waals surface area contributed by atoms with Crippen molar-refractivity contribution in [2.45, 2.75) is 85.5 Å². The molecule has 0 aromatic carbocycles. The Morgan fingerprint density at radius 1 is 1.09 bits per heavy atom. The van der Waals surface area contributed by atoms with Crippen molar-refractivity contribution in [3.8, 4) is 0 Å². The van der Waals surface area contributed by atoms with Crippen LogP contribution < -0.4 is 5.32 Å². The van der Waals surface area contributed by atoms with E-state index in [4.69, 9.17) is 4.74 Å². The van der Waals surface area contributed by atoms with Crippen LogP contribution in [0.25, 0.3) is 0 Å². The van der Waals surface area contributed by atoms with Crippen molar-refractivity contribution >= 4 is 24.3 Å². The molecule has 0 heterocycles. The van der Waals surface area contributed by atoms with Crippen LogP contribution in [0.3, 0.4) is 0 Å². The van der Waals surface area contributed by atoms with Gasteiger partial charge in [-0.05, 0) is 31.7 Å². The number of nitrogens with zero attached hydrogens (tertiary/aromatic N) is 2. The van der Waals surface area contributed by atoms with Crippen molar-refractivity contribution in [1.82, 2.24) is 15.1 Å². The summed E-state index contributed by atoms with van der Waals surface area (Å²) in [6.45, 7) is 19.3. The highest BCUT2D eigenvalue weighted by Gasteiger charge is 2.37. The van der Waals surface area contributed by atoms with Gasteiger partial charge in [-0.2, -0.15) is 12.6 Å². The predicted octanol–water partition coefficient (Wildman–Crippen LogP) is 3.87. The molecule has 4 unspecified atom stereocenters. The van der Waals surface area contributed by atoms with Gasteiger partial charge < -0.3 is 15.0 Å². The molecule has 7 heteroatoms. The Labute approximate surface area is 202 Å². The third kappa shape index (κ3) is 9.06. The minimum atomic E-state index is -0.417. The number of rotatable bonds is 16. The SMILES string of the molecule is C=C(N[C@H](C(=O)N(C)C(C(C)CC)C(CC(C)=O)OC)C(C)C)C(C(C)C)N(C)CCS. The molecule has 0 aromatic rings. The van der Waals surface area contributed by atoms with Crippen LogP contribution >= 0.6 is 12.6 Å². The lowest BCUT2D eigenvalue weighted by Crippen LogP contribution is -2.57. The third-order valence-electron chi connectivity index (χ3n) is 6.38. The number of nitrogens with one attached hydrogen (secondary N) is 1. The number of methoxy groups -OCH3 is 1. The van der Waals surface area contributed by atoms with Gasteiger partial charge in [0.25, 0.3) is 0 Å². The fourth-order valence-corrected chi connectivity index (χ4v) is 4.82. The van der Waals surface area contributed by atoms with E-state index in [1.165, 1.54) is 0 Å². The van der Waals surface area contributed by atoms with Crippen molar-refractivity contribution in [2.24, 2.45) is 17.8 Å². The molecule has 0 fully saturated rings. The van der Waals surface area contributed by atoms with Crippen LogP contribution in [-0.2, 0) is 14.3 Å². The molecule has 188 valence electrons. The number of amides is 1. The molecule has 0 bridgehead atoms. The molecule has 0 aliphatic rings. The third-order valence-corrected chi connectivity index (χ3v) is 6.58. The van der Waals surface area contributed by atoms with Crippen LogP contribution in [0, 0.1) is 17.8 Å². The molecule has 0 spiro atoms. The molecule has 1 amide bonds. The van der Waals surface area contributed by atoms with Crippen LogP contribution in [0.4, 0.5) is 0 Å².